The molecule has 1 N–H and O–H groups in total. The molecule has 2 heterocycles. The summed E-state index contributed by atoms with van der Waals surface area (Å²) in [5.74, 6) is -0.839. The fourth-order valence-corrected chi connectivity index (χ4v) is 3.52. The standard InChI is InChI=1S/C18H25NO3/c20-18(21)15-7-6-14-4-3-9-19(13-16(14)12-15)10-8-17-5-1-2-11-22-17/h6-7,12,17H,1-5,8-11,13H2,(H,20,21). The summed E-state index contributed by atoms with van der Waals surface area (Å²) in [6, 6.07) is 5.58. The molecule has 0 amide bonds. The van der Waals surface area contributed by atoms with Gasteiger partial charge in [0, 0.05) is 19.7 Å². The minimum absolute atomic E-state index is 0.399. The monoisotopic (exact) mass is 303 g/mol. The zero-order chi connectivity index (χ0) is 15.4. The second-order valence-corrected chi connectivity index (χ2v) is 6.45. The first-order valence-corrected chi connectivity index (χ1v) is 8.41. The number of nitrogens with zero attached hydrogens (tertiary/aromatic N) is 1. The minimum Gasteiger partial charge on any atom is -0.478 e. The van der Waals surface area contributed by atoms with Crippen molar-refractivity contribution in [2.75, 3.05) is 19.7 Å². The number of ether oxygens (including phenoxy) is 1. The second-order valence-electron chi connectivity index (χ2n) is 6.45. The van der Waals surface area contributed by atoms with E-state index in [9.17, 15) is 4.79 Å². The largest absolute Gasteiger partial charge is 0.478 e. The molecule has 2 aliphatic heterocycles. The summed E-state index contributed by atoms with van der Waals surface area (Å²) in [5.41, 5.74) is 2.89. The average molecular weight is 303 g/mol. The lowest BCUT2D eigenvalue weighted by Gasteiger charge is -2.26. The SMILES string of the molecule is O=C(O)c1ccc2c(c1)CN(CCC1CCCCO1)CCC2. The zero-order valence-electron chi connectivity index (χ0n) is 13.1. The van der Waals surface area contributed by atoms with E-state index < -0.39 is 5.97 Å². The molecule has 1 fully saturated rings. The molecule has 1 aromatic rings. The van der Waals surface area contributed by atoms with E-state index in [1.165, 1.54) is 30.4 Å². The van der Waals surface area contributed by atoms with E-state index in [2.05, 4.69) is 4.90 Å². The topological polar surface area (TPSA) is 49.8 Å². The highest BCUT2D eigenvalue weighted by Crippen LogP contribution is 2.22. The summed E-state index contributed by atoms with van der Waals surface area (Å²) in [6.07, 6.45) is 7.38. The number of fused-ring (bicyclic) bond motifs is 1. The van der Waals surface area contributed by atoms with Crippen LogP contribution in [0.4, 0.5) is 0 Å². The van der Waals surface area contributed by atoms with Gasteiger partial charge in [-0.3, -0.25) is 4.90 Å². The predicted molar refractivity (Wildman–Crippen MR) is 85.2 cm³/mol. The van der Waals surface area contributed by atoms with Gasteiger partial charge in [0.2, 0.25) is 0 Å². The third kappa shape index (κ3) is 3.87. The molecule has 1 atom stereocenters. The molecular formula is C18H25NO3. The Balaban J connectivity index is 1.62. The predicted octanol–water partition coefficient (Wildman–Crippen LogP) is 3.09. The first-order chi connectivity index (χ1) is 10.7. The Morgan fingerprint density at radius 1 is 1.27 bits per heavy atom. The zero-order valence-corrected chi connectivity index (χ0v) is 13.1. The molecule has 0 saturated carbocycles. The number of hydrogen-bond donors (Lipinski definition) is 1. The summed E-state index contributed by atoms with van der Waals surface area (Å²) in [7, 11) is 0. The van der Waals surface area contributed by atoms with Crippen molar-refractivity contribution in [2.45, 2.75) is 51.2 Å². The van der Waals surface area contributed by atoms with Crippen LogP contribution in [-0.2, 0) is 17.7 Å². The Bertz CT molecular complexity index is 523. The maximum atomic E-state index is 11.2. The lowest BCUT2D eigenvalue weighted by Crippen LogP contribution is -2.29. The third-order valence-electron chi connectivity index (χ3n) is 4.81. The minimum atomic E-state index is -0.839. The van der Waals surface area contributed by atoms with Crippen LogP contribution in [0.1, 0.15) is 53.6 Å². The number of benzene rings is 1. The Morgan fingerprint density at radius 3 is 2.95 bits per heavy atom. The highest BCUT2D eigenvalue weighted by atomic mass is 16.5. The Kier molecular flexibility index (Phi) is 5.11. The summed E-state index contributed by atoms with van der Waals surface area (Å²) in [6.45, 7) is 3.91. The van der Waals surface area contributed by atoms with Gasteiger partial charge in [-0.15, -0.1) is 0 Å². The van der Waals surface area contributed by atoms with Gasteiger partial charge >= 0.3 is 5.97 Å². The van der Waals surface area contributed by atoms with Gasteiger partial charge in [-0.1, -0.05) is 6.07 Å². The second kappa shape index (κ2) is 7.25. The first-order valence-electron chi connectivity index (χ1n) is 8.41. The molecule has 1 saturated heterocycles. The van der Waals surface area contributed by atoms with Gasteiger partial charge in [0.05, 0.1) is 11.7 Å². The van der Waals surface area contributed by atoms with Crippen molar-refractivity contribution in [3.05, 3.63) is 34.9 Å². The molecule has 1 aromatic carbocycles. The van der Waals surface area contributed by atoms with E-state index in [-0.39, 0.29) is 0 Å². The molecule has 0 aliphatic carbocycles. The first kappa shape index (κ1) is 15.5. The average Bonchev–Trinajstić information content (AvgIpc) is 2.75. The molecule has 2 aliphatic rings. The van der Waals surface area contributed by atoms with Crippen LogP contribution in [0.5, 0.6) is 0 Å². The summed E-state index contributed by atoms with van der Waals surface area (Å²) in [4.78, 5) is 13.6. The molecular weight excluding hydrogens is 278 g/mol. The number of carboxylic acid groups (broad SMARTS) is 1. The number of carboxylic acids is 1. The van der Waals surface area contributed by atoms with Gasteiger partial charge in [-0.05, 0) is 68.3 Å². The van der Waals surface area contributed by atoms with Crippen LogP contribution in [0.2, 0.25) is 0 Å². The Hall–Kier alpha value is -1.39. The van der Waals surface area contributed by atoms with Crippen molar-refractivity contribution in [1.82, 2.24) is 4.90 Å². The normalized spacial score (nSPS) is 22.8. The van der Waals surface area contributed by atoms with Crippen LogP contribution < -0.4 is 0 Å². The van der Waals surface area contributed by atoms with Gasteiger partial charge in [-0.2, -0.15) is 0 Å². The van der Waals surface area contributed by atoms with Crippen molar-refractivity contribution in [1.29, 1.82) is 0 Å². The Morgan fingerprint density at radius 2 is 2.18 bits per heavy atom. The van der Waals surface area contributed by atoms with Crippen molar-refractivity contribution in [3.8, 4) is 0 Å². The fraction of sp³-hybridized carbons (Fsp3) is 0.611. The fourth-order valence-electron chi connectivity index (χ4n) is 3.52. The van der Waals surface area contributed by atoms with Crippen molar-refractivity contribution >= 4 is 5.97 Å². The van der Waals surface area contributed by atoms with Crippen LogP contribution in [0.3, 0.4) is 0 Å². The van der Waals surface area contributed by atoms with Crippen LogP contribution in [0.25, 0.3) is 0 Å². The molecule has 0 spiro atoms. The van der Waals surface area contributed by atoms with Crippen molar-refractivity contribution < 1.29 is 14.6 Å². The number of aromatic carboxylic acids is 1. The molecule has 0 radical (unpaired) electrons. The molecule has 1 unspecified atom stereocenters. The summed E-state index contributed by atoms with van der Waals surface area (Å²) < 4.78 is 5.82. The van der Waals surface area contributed by atoms with Crippen LogP contribution in [0, 0.1) is 0 Å². The van der Waals surface area contributed by atoms with Gasteiger partial charge in [0.1, 0.15) is 0 Å². The maximum absolute atomic E-state index is 11.2. The van der Waals surface area contributed by atoms with Gasteiger partial charge in [0.25, 0.3) is 0 Å². The third-order valence-corrected chi connectivity index (χ3v) is 4.81. The number of carbonyl (C=O) groups is 1. The lowest BCUT2D eigenvalue weighted by molar-refractivity contribution is 0.00513. The molecule has 3 rings (SSSR count). The number of rotatable bonds is 4. The molecule has 0 aromatic heterocycles. The van der Waals surface area contributed by atoms with Gasteiger partial charge in [-0.25, -0.2) is 4.79 Å². The quantitative estimate of drug-likeness (QED) is 0.928. The van der Waals surface area contributed by atoms with E-state index in [4.69, 9.17) is 9.84 Å². The maximum Gasteiger partial charge on any atom is 0.335 e. The number of aryl methyl sites for hydroxylation is 1. The van der Waals surface area contributed by atoms with Gasteiger partial charge < -0.3 is 9.84 Å². The van der Waals surface area contributed by atoms with Crippen molar-refractivity contribution in [2.24, 2.45) is 0 Å². The van der Waals surface area contributed by atoms with Crippen LogP contribution in [-0.4, -0.2) is 41.8 Å². The smallest absolute Gasteiger partial charge is 0.335 e. The van der Waals surface area contributed by atoms with E-state index in [0.717, 1.165) is 45.5 Å². The molecule has 4 nitrogen and oxygen atoms in total. The number of hydrogen-bond acceptors (Lipinski definition) is 3. The highest BCUT2D eigenvalue weighted by Gasteiger charge is 2.19. The van der Waals surface area contributed by atoms with E-state index in [1.807, 2.05) is 12.1 Å². The molecule has 4 heteroatoms. The lowest BCUT2D eigenvalue weighted by atomic mass is 10.0. The van der Waals surface area contributed by atoms with Crippen molar-refractivity contribution in [3.63, 3.8) is 0 Å². The molecule has 120 valence electrons. The summed E-state index contributed by atoms with van der Waals surface area (Å²) in [5, 5.41) is 9.17. The van der Waals surface area contributed by atoms with E-state index in [1.54, 1.807) is 6.07 Å². The highest BCUT2D eigenvalue weighted by molar-refractivity contribution is 5.87. The van der Waals surface area contributed by atoms with E-state index >= 15 is 0 Å². The van der Waals surface area contributed by atoms with E-state index in [0.29, 0.717) is 11.7 Å². The molecule has 0 bridgehead atoms. The summed E-state index contributed by atoms with van der Waals surface area (Å²) >= 11 is 0. The van der Waals surface area contributed by atoms with Crippen LogP contribution in [0.15, 0.2) is 18.2 Å². The van der Waals surface area contributed by atoms with Gasteiger partial charge in [0.15, 0.2) is 0 Å². The molecule has 22 heavy (non-hydrogen) atoms. The van der Waals surface area contributed by atoms with Crippen LogP contribution >= 0.6 is 0 Å². The Labute approximate surface area is 132 Å².